The van der Waals surface area contributed by atoms with Crippen molar-refractivity contribution in [1.82, 2.24) is 24.4 Å². The average Bonchev–Trinajstić information content (AvgIpc) is 2.98. The summed E-state index contributed by atoms with van der Waals surface area (Å²) in [6, 6.07) is 6.54. The molecular formula is C33H34F3N7O3. The van der Waals surface area contributed by atoms with Gasteiger partial charge in [0.2, 0.25) is 0 Å². The molecule has 4 aromatic rings. The van der Waals surface area contributed by atoms with Crippen molar-refractivity contribution in [2.45, 2.75) is 66.0 Å². The van der Waals surface area contributed by atoms with E-state index >= 15 is 4.39 Å². The minimum absolute atomic E-state index is 0.0212. The van der Waals surface area contributed by atoms with E-state index < -0.39 is 40.4 Å². The first kappa shape index (κ1) is 32.4. The molecule has 240 valence electrons. The fraction of sp³-hybridized carbons (Fsp3) is 0.394. The zero-order valence-corrected chi connectivity index (χ0v) is 26.7. The molecule has 0 saturated carbocycles. The van der Waals surface area contributed by atoms with Gasteiger partial charge >= 0.3 is 11.8 Å². The number of hydrogen-bond acceptors (Lipinski definition) is 8. The number of aryl methyl sites for hydroxylation is 1. The van der Waals surface area contributed by atoms with Crippen LogP contribution in [0.4, 0.5) is 23.8 Å². The predicted molar refractivity (Wildman–Crippen MR) is 166 cm³/mol. The quantitative estimate of drug-likeness (QED) is 0.251. The SMILES string of the molecule is Cc1ccnc(C(C)C)c1-n1c(=O)nc(N2CCN(C(=O)OC(C)(C)C)CC2C)c2cc(C#N)c(-c3ccc(F)c(F)c3F)nc21. The average molecular weight is 634 g/mol. The van der Waals surface area contributed by atoms with Crippen molar-refractivity contribution in [3.63, 3.8) is 0 Å². The van der Waals surface area contributed by atoms with Gasteiger partial charge in [-0.3, -0.25) is 4.98 Å². The zero-order valence-electron chi connectivity index (χ0n) is 26.7. The van der Waals surface area contributed by atoms with Crippen molar-refractivity contribution in [3.05, 3.63) is 75.2 Å². The maximum Gasteiger partial charge on any atom is 0.410 e. The van der Waals surface area contributed by atoms with Crippen molar-refractivity contribution in [2.75, 3.05) is 24.5 Å². The molecule has 0 radical (unpaired) electrons. The lowest BCUT2D eigenvalue weighted by atomic mass is 10.0. The molecule has 1 aromatic carbocycles. The molecule has 0 bridgehead atoms. The lowest BCUT2D eigenvalue weighted by molar-refractivity contribution is 0.0218. The summed E-state index contributed by atoms with van der Waals surface area (Å²) in [6.45, 7) is 13.6. The molecule has 0 N–H and O–H groups in total. The zero-order chi connectivity index (χ0) is 33.7. The molecule has 1 aliphatic heterocycles. The van der Waals surface area contributed by atoms with Crippen molar-refractivity contribution in [3.8, 4) is 23.0 Å². The van der Waals surface area contributed by atoms with Crippen LogP contribution in [0.5, 0.6) is 0 Å². The van der Waals surface area contributed by atoms with E-state index in [0.29, 0.717) is 22.3 Å². The number of fused-ring (bicyclic) bond motifs is 1. The molecule has 1 amide bonds. The molecule has 5 rings (SSSR count). The van der Waals surface area contributed by atoms with Crippen LogP contribution in [0.25, 0.3) is 28.0 Å². The van der Waals surface area contributed by atoms with Gasteiger partial charge in [0.25, 0.3) is 0 Å². The second-order valence-corrected chi connectivity index (χ2v) is 12.6. The number of ether oxygens (including phenoxy) is 1. The lowest BCUT2D eigenvalue weighted by Gasteiger charge is -2.41. The molecule has 3 aromatic heterocycles. The molecule has 1 saturated heterocycles. The van der Waals surface area contributed by atoms with Crippen LogP contribution < -0.4 is 10.6 Å². The Morgan fingerprint density at radius 2 is 1.83 bits per heavy atom. The van der Waals surface area contributed by atoms with Crippen molar-refractivity contribution >= 4 is 22.9 Å². The van der Waals surface area contributed by atoms with Crippen LogP contribution in [0, 0.1) is 35.7 Å². The summed E-state index contributed by atoms with van der Waals surface area (Å²) in [4.78, 5) is 43.9. The first-order chi connectivity index (χ1) is 21.6. The number of rotatable bonds is 4. The topological polar surface area (TPSA) is 117 Å². The summed E-state index contributed by atoms with van der Waals surface area (Å²) in [5, 5.41) is 10.4. The Balaban J connectivity index is 1.78. The highest BCUT2D eigenvalue weighted by Crippen LogP contribution is 2.35. The number of nitriles is 1. The summed E-state index contributed by atoms with van der Waals surface area (Å²) in [5.74, 6) is -4.53. The highest BCUT2D eigenvalue weighted by atomic mass is 19.2. The van der Waals surface area contributed by atoms with Gasteiger partial charge in [-0.1, -0.05) is 13.8 Å². The summed E-state index contributed by atoms with van der Waals surface area (Å²) < 4.78 is 50.2. The van der Waals surface area contributed by atoms with Gasteiger partial charge < -0.3 is 14.5 Å². The number of benzene rings is 1. The highest BCUT2D eigenvalue weighted by Gasteiger charge is 2.33. The molecule has 4 heterocycles. The fourth-order valence-corrected chi connectivity index (χ4v) is 5.60. The Morgan fingerprint density at radius 3 is 2.46 bits per heavy atom. The van der Waals surface area contributed by atoms with Crippen molar-refractivity contribution < 1.29 is 22.7 Å². The molecule has 0 spiro atoms. The van der Waals surface area contributed by atoms with Gasteiger partial charge in [-0.25, -0.2) is 32.3 Å². The number of carbonyl (C=O) groups excluding carboxylic acids is 1. The second-order valence-electron chi connectivity index (χ2n) is 12.6. The largest absolute Gasteiger partial charge is 0.444 e. The van der Waals surface area contributed by atoms with Crippen LogP contribution in [-0.4, -0.2) is 61.8 Å². The lowest BCUT2D eigenvalue weighted by Crippen LogP contribution is -2.55. The van der Waals surface area contributed by atoms with E-state index in [2.05, 4.69) is 15.0 Å². The number of amides is 1. The van der Waals surface area contributed by atoms with Crippen molar-refractivity contribution in [2.24, 2.45) is 0 Å². The smallest absolute Gasteiger partial charge is 0.410 e. The molecule has 13 heteroatoms. The van der Waals surface area contributed by atoms with Gasteiger partial charge in [0.05, 0.1) is 28.0 Å². The van der Waals surface area contributed by atoms with Crippen LogP contribution >= 0.6 is 0 Å². The first-order valence-corrected chi connectivity index (χ1v) is 14.8. The Bertz CT molecular complexity index is 1960. The van der Waals surface area contributed by atoms with Gasteiger partial charge in [0, 0.05) is 37.4 Å². The molecular weight excluding hydrogens is 599 g/mol. The monoisotopic (exact) mass is 633 g/mol. The number of pyridine rings is 2. The summed E-state index contributed by atoms with van der Waals surface area (Å²) >= 11 is 0. The maximum atomic E-state index is 15.1. The van der Waals surface area contributed by atoms with Gasteiger partial charge in [0.15, 0.2) is 23.1 Å². The van der Waals surface area contributed by atoms with Crippen molar-refractivity contribution in [1.29, 1.82) is 5.26 Å². The number of aromatic nitrogens is 4. The van der Waals surface area contributed by atoms with E-state index in [1.807, 2.05) is 31.7 Å². The predicted octanol–water partition coefficient (Wildman–Crippen LogP) is 6.01. The van der Waals surface area contributed by atoms with E-state index in [4.69, 9.17) is 4.74 Å². The highest BCUT2D eigenvalue weighted by molar-refractivity contribution is 5.92. The number of halogens is 3. The van der Waals surface area contributed by atoms with E-state index in [-0.39, 0.29) is 54.3 Å². The number of nitrogens with zero attached hydrogens (tertiary/aromatic N) is 7. The summed E-state index contributed by atoms with van der Waals surface area (Å²) in [5.41, 5.74) is -0.548. The van der Waals surface area contributed by atoms with E-state index in [0.717, 1.165) is 12.1 Å². The third kappa shape index (κ3) is 5.87. The molecule has 1 aliphatic rings. The number of anilines is 1. The van der Waals surface area contributed by atoms with Crippen LogP contribution in [0.3, 0.4) is 0 Å². The minimum Gasteiger partial charge on any atom is -0.444 e. The number of piperazine rings is 1. The third-order valence-corrected chi connectivity index (χ3v) is 7.73. The Morgan fingerprint density at radius 1 is 1.11 bits per heavy atom. The summed E-state index contributed by atoms with van der Waals surface area (Å²) in [7, 11) is 0. The minimum atomic E-state index is -1.71. The van der Waals surface area contributed by atoms with E-state index in [1.165, 1.54) is 10.6 Å². The van der Waals surface area contributed by atoms with Gasteiger partial charge in [0.1, 0.15) is 17.5 Å². The number of carbonyl (C=O) groups is 1. The molecule has 1 atom stereocenters. The molecule has 10 nitrogen and oxygen atoms in total. The van der Waals surface area contributed by atoms with E-state index in [9.17, 15) is 23.6 Å². The van der Waals surface area contributed by atoms with Gasteiger partial charge in [-0.05, 0) is 70.4 Å². The molecule has 46 heavy (non-hydrogen) atoms. The maximum absolute atomic E-state index is 15.1. The summed E-state index contributed by atoms with van der Waals surface area (Å²) in [6.07, 6.45) is 1.16. The number of hydrogen-bond donors (Lipinski definition) is 0. The Kier molecular flexibility index (Phi) is 8.51. The van der Waals surface area contributed by atoms with Crippen LogP contribution in [0.2, 0.25) is 0 Å². The van der Waals surface area contributed by atoms with Crippen LogP contribution in [0.15, 0.2) is 35.3 Å². The fourth-order valence-electron chi connectivity index (χ4n) is 5.60. The first-order valence-electron chi connectivity index (χ1n) is 14.8. The Labute approximate surface area is 264 Å². The van der Waals surface area contributed by atoms with Crippen LogP contribution in [0.1, 0.15) is 64.3 Å². The van der Waals surface area contributed by atoms with Gasteiger partial charge in [-0.15, -0.1) is 0 Å². The third-order valence-electron chi connectivity index (χ3n) is 7.73. The molecule has 1 unspecified atom stereocenters. The molecule has 1 fully saturated rings. The van der Waals surface area contributed by atoms with E-state index in [1.54, 1.807) is 44.9 Å². The van der Waals surface area contributed by atoms with Gasteiger partial charge in [-0.2, -0.15) is 10.2 Å². The second kappa shape index (κ2) is 12.1. The van der Waals surface area contributed by atoms with Crippen LogP contribution in [-0.2, 0) is 4.74 Å². The molecule has 0 aliphatic carbocycles. The normalized spacial score (nSPS) is 15.4. The standard InChI is InChI=1S/C33H34F3N7O3/c1-17(2)26-28(18(3)10-11-38-26)43-30-22(14-20(15-37)27(39-30)21-8-9-23(34)25(36)24(21)35)29(40-31(43)44)42-13-12-41(16-19(42)4)32(45)46-33(5,6)7/h8-11,14,17,19H,12-13,16H2,1-7H3. The Hall–Kier alpha value is -4.99.